The van der Waals surface area contributed by atoms with Gasteiger partial charge in [-0.1, -0.05) is 260 Å². The molecule has 110 heavy (non-hydrogen) atoms. The van der Waals surface area contributed by atoms with Crippen LogP contribution in [-0.4, -0.2) is 9.97 Å². The molecule has 2 aromatic heterocycles. The van der Waals surface area contributed by atoms with Crippen molar-refractivity contribution in [2.75, 3.05) is 5.32 Å². The van der Waals surface area contributed by atoms with E-state index in [-0.39, 0.29) is 52.4 Å². The quantitative estimate of drug-likeness (QED) is 0.139. The van der Waals surface area contributed by atoms with Crippen LogP contribution in [0.2, 0.25) is 0 Å². The molecule has 0 bridgehead atoms. The predicted octanol–water partition coefficient (Wildman–Crippen LogP) is 29.7. The van der Waals surface area contributed by atoms with Crippen molar-refractivity contribution in [1.82, 2.24) is 9.97 Å². The first kappa shape index (κ1) is 86.2. The maximum Gasteiger partial charge on any atom is 4.00 e. The van der Waals surface area contributed by atoms with Crippen molar-refractivity contribution in [3.8, 4) is 22.5 Å². The van der Waals surface area contributed by atoms with Crippen molar-refractivity contribution >= 4 is 66.1 Å². The zero-order chi connectivity index (χ0) is 76.6. The van der Waals surface area contributed by atoms with Crippen LogP contribution in [-0.2, 0) is 52.4 Å². The second kappa shape index (κ2) is 45.1. The first-order valence-electron chi connectivity index (χ1n) is 37.1. The summed E-state index contributed by atoms with van der Waals surface area (Å²) in [6, 6.07) is 124. The fourth-order valence-electron chi connectivity index (χ4n) is 12.0. The number of para-hydroxylation sites is 4. The van der Waals surface area contributed by atoms with E-state index < -0.39 is 0 Å². The molecule has 0 saturated carbocycles. The molecule has 0 radical (unpaired) electrons. The Balaban J connectivity index is 0.000000198. The summed E-state index contributed by atoms with van der Waals surface area (Å²) in [6.07, 6.45) is 0. The number of nitrogens with zero attached hydrogens (tertiary/aromatic N) is 3. The van der Waals surface area contributed by atoms with E-state index in [0.717, 1.165) is 100 Å². The molecule has 544 valence electrons. The number of pyridine rings is 2. The Kier molecular flexibility index (Phi) is 35.4. The van der Waals surface area contributed by atoms with Crippen molar-refractivity contribution in [3.63, 3.8) is 0 Å². The first-order chi connectivity index (χ1) is 52.4. The average Bonchev–Trinajstić information content (AvgIpc) is 0.782. The third-order valence-electron chi connectivity index (χ3n) is 17.7. The fourth-order valence-corrected chi connectivity index (χ4v) is 12.0. The van der Waals surface area contributed by atoms with Crippen molar-refractivity contribution < 1.29 is 52.4 Å². The summed E-state index contributed by atoms with van der Waals surface area (Å²) in [6.45, 7) is 40.3. The second-order valence-electron chi connectivity index (χ2n) is 27.5. The van der Waals surface area contributed by atoms with Crippen LogP contribution in [0.5, 0.6) is 0 Å². The molecule has 0 spiro atoms. The molecule has 0 atom stereocenters. The van der Waals surface area contributed by atoms with Crippen LogP contribution in [0.1, 0.15) is 135 Å². The van der Waals surface area contributed by atoms with Gasteiger partial charge in [-0.15, -0.1) is 113 Å². The summed E-state index contributed by atoms with van der Waals surface area (Å²) in [5.41, 5.74) is 21.9. The molecule has 2 heterocycles. The third kappa shape index (κ3) is 26.1. The molecule has 0 aliphatic carbocycles. The summed E-state index contributed by atoms with van der Waals surface area (Å²) < 4.78 is 0. The number of benzene rings is 14. The van der Waals surface area contributed by atoms with Gasteiger partial charge in [-0.05, 0) is 68.8 Å². The van der Waals surface area contributed by atoms with Gasteiger partial charge in [0.05, 0.1) is 16.9 Å². The van der Waals surface area contributed by atoms with Gasteiger partial charge in [-0.2, -0.15) is 148 Å². The fraction of sp³-hybridized carbons (Fsp3) is 0.115. The number of hydrogen-bond donors (Lipinski definition) is 1. The number of hydrogen-bond acceptors (Lipinski definition) is 3. The van der Waals surface area contributed by atoms with Crippen LogP contribution in [0.25, 0.3) is 71.2 Å². The monoisotopic (exact) mass is 1580 g/mol. The maximum absolute atomic E-state index is 5.24. The topological polar surface area (TPSA) is 51.9 Å². The molecule has 0 aliphatic heterocycles. The molecule has 0 amide bonds. The number of aromatic nitrogens is 2. The Morgan fingerprint density at radius 1 is 0.291 bits per heavy atom. The van der Waals surface area contributed by atoms with Gasteiger partial charge in [0.25, 0.3) is 0 Å². The largest absolute Gasteiger partial charge is 4.00 e. The molecule has 0 saturated heterocycles. The summed E-state index contributed by atoms with van der Waals surface area (Å²) >= 11 is 0. The van der Waals surface area contributed by atoms with Gasteiger partial charge in [0.15, 0.2) is 0 Å². The van der Waals surface area contributed by atoms with E-state index in [1.807, 2.05) is 188 Å². The van der Waals surface area contributed by atoms with Gasteiger partial charge in [0.2, 0.25) is 0 Å². The van der Waals surface area contributed by atoms with Crippen LogP contribution >= 0.6 is 0 Å². The van der Waals surface area contributed by atoms with E-state index in [1.54, 1.807) is 0 Å². The van der Waals surface area contributed by atoms with Gasteiger partial charge in [-0.3, -0.25) is 4.98 Å². The predicted molar refractivity (Wildman–Crippen MR) is 469 cm³/mol. The van der Waals surface area contributed by atoms with Crippen LogP contribution in [0.4, 0.5) is 22.7 Å². The minimum Gasteiger partial charge on any atom is -0.656 e. The van der Waals surface area contributed by atoms with Crippen LogP contribution in [0.15, 0.2) is 358 Å². The van der Waals surface area contributed by atoms with Crippen molar-refractivity contribution in [2.45, 2.75) is 79.1 Å². The zero-order valence-corrected chi connectivity index (χ0v) is 69.9. The summed E-state index contributed by atoms with van der Waals surface area (Å²) in [5, 5.41) is 16.1. The van der Waals surface area contributed by atoms with Gasteiger partial charge < -0.3 is 10.6 Å². The van der Waals surface area contributed by atoms with E-state index in [0.29, 0.717) is 23.7 Å². The Morgan fingerprint density at radius 2 is 0.618 bits per heavy atom. The molecular weight excluding hydrogens is 1490 g/mol. The number of nitrogens with one attached hydrogen (secondary N) is 1. The standard InChI is InChI=1S/C31H30N2.C31H28N2.6C7H7.2Zr/c2*1-20(2)24-14-9-15-25(21(3)4)31(24)33-29-17-8-12-23-18-19-28(32-30(23)29)27-16-7-11-22-10-5-6-13-26(22)27;6*1-7-5-3-2-4-6-7;;/h5-21,33H,1-4H3;5-15,17-21H,1-4H3;6*2-6H,1H2;;/q;-2;6*-1;2*+4. The Labute approximate surface area is 695 Å². The van der Waals surface area contributed by atoms with Crippen molar-refractivity contribution in [3.05, 3.63) is 466 Å². The molecule has 0 fully saturated rings. The minimum atomic E-state index is 0. The van der Waals surface area contributed by atoms with E-state index in [9.17, 15) is 0 Å². The summed E-state index contributed by atoms with van der Waals surface area (Å²) in [5.74, 6) is 1.65. The van der Waals surface area contributed by atoms with E-state index in [1.165, 1.54) is 44.1 Å². The Hall–Kier alpha value is -11.0. The number of fused-ring (bicyclic) bond motifs is 4. The molecule has 1 N–H and O–H groups in total. The Bertz CT molecular complexity index is 4760. The summed E-state index contributed by atoms with van der Waals surface area (Å²) in [7, 11) is 0. The van der Waals surface area contributed by atoms with Gasteiger partial charge in [-0.25, -0.2) is 4.98 Å². The van der Waals surface area contributed by atoms with Crippen LogP contribution in [0.3, 0.4) is 0 Å². The first-order valence-corrected chi connectivity index (χ1v) is 37.1. The molecule has 4 nitrogen and oxygen atoms in total. The van der Waals surface area contributed by atoms with Crippen LogP contribution < -0.4 is 5.32 Å². The van der Waals surface area contributed by atoms with Crippen LogP contribution in [0, 0.1) is 47.6 Å². The van der Waals surface area contributed by atoms with Crippen molar-refractivity contribution in [2.24, 2.45) is 0 Å². The van der Waals surface area contributed by atoms with Gasteiger partial charge in [0.1, 0.15) is 0 Å². The molecule has 6 heteroatoms. The molecule has 16 aromatic rings. The smallest absolute Gasteiger partial charge is 0.656 e. The number of anilines is 2. The Morgan fingerprint density at radius 3 is 1.04 bits per heavy atom. The van der Waals surface area contributed by atoms with E-state index in [2.05, 4.69) is 278 Å². The van der Waals surface area contributed by atoms with Gasteiger partial charge >= 0.3 is 52.4 Å². The number of rotatable bonds is 10. The van der Waals surface area contributed by atoms with Crippen molar-refractivity contribution in [1.29, 1.82) is 0 Å². The maximum atomic E-state index is 5.24. The molecule has 14 aromatic carbocycles. The van der Waals surface area contributed by atoms with Gasteiger partial charge in [0, 0.05) is 22.2 Å². The third-order valence-corrected chi connectivity index (χ3v) is 17.7. The molecular formula is C104H100N4Zr2. The molecule has 0 aliphatic rings. The van der Waals surface area contributed by atoms with E-state index >= 15 is 0 Å². The normalized spacial score (nSPS) is 10.2. The summed E-state index contributed by atoms with van der Waals surface area (Å²) in [4.78, 5) is 10.3. The second-order valence-corrected chi connectivity index (χ2v) is 27.5. The van der Waals surface area contributed by atoms with E-state index in [4.69, 9.17) is 15.3 Å². The zero-order valence-electron chi connectivity index (χ0n) is 65.0. The molecule has 16 rings (SSSR count). The molecule has 0 unspecified atom stereocenters. The average molecular weight is 1590 g/mol. The SMILES string of the molecule is CC(C)c1cccc(C(C)C)c1Nc1cccc2ccc(-c3cccc4ccccc34)nc12.CC(C)c1cccc(C(C)C)c1[N-]c1cccc2ccc(-c3[c-]ccc4ccccc34)nc12.[CH2-]c1ccccc1.[CH2-]c1ccccc1.[CH2-]c1ccccc1.[CH2-]c1ccccc1.[CH2-]c1ccccc1.[CH2-]c1ccccc1.[Zr+4].[Zr+4]. The minimum absolute atomic E-state index is 0.